The largest absolute Gasteiger partial charge is 0.508 e. The molecular weight excluding hydrogens is 382 g/mol. The summed E-state index contributed by atoms with van der Waals surface area (Å²) in [5.74, 6) is -1.96. The van der Waals surface area contributed by atoms with Crippen molar-refractivity contribution in [1.29, 1.82) is 0 Å². The second kappa shape index (κ2) is 7.52. The first kappa shape index (κ1) is 20.0. The van der Waals surface area contributed by atoms with Crippen molar-refractivity contribution >= 4 is 11.7 Å². The number of aromatic hydroxyl groups is 2. The van der Waals surface area contributed by atoms with Gasteiger partial charge in [0.05, 0.1) is 11.6 Å². The van der Waals surface area contributed by atoms with E-state index >= 15 is 0 Å². The highest BCUT2D eigenvalue weighted by atomic mass is 16.3. The van der Waals surface area contributed by atoms with Gasteiger partial charge in [0, 0.05) is 23.6 Å². The number of aliphatic hydroxyl groups is 1. The van der Waals surface area contributed by atoms with Crippen LogP contribution < -0.4 is 0 Å². The summed E-state index contributed by atoms with van der Waals surface area (Å²) in [4.78, 5) is 26.9. The number of amides is 1. The van der Waals surface area contributed by atoms with Gasteiger partial charge in [-0.3, -0.25) is 9.59 Å². The van der Waals surface area contributed by atoms with Gasteiger partial charge in [-0.2, -0.15) is 0 Å². The summed E-state index contributed by atoms with van der Waals surface area (Å²) in [6.07, 6.45) is 3.85. The molecule has 6 nitrogen and oxygen atoms in total. The van der Waals surface area contributed by atoms with Crippen LogP contribution >= 0.6 is 0 Å². The Morgan fingerprint density at radius 3 is 2.33 bits per heavy atom. The first-order valence-corrected chi connectivity index (χ1v) is 10.2. The van der Waals surface area contributed by atoms with Crippen molar-refractivity contribution in [2.75, 3.05) is 6.54 Å². The Balaban J connectivity index is 1.81. The fraction of sp³-hybridized carbons (Fsp3) is 0.333. The molecule has 1 atom stereocenters. The molecule has 4 rings (SSSR count). The number of hydrogen-bond donors (Lipinski definition) is 3. The molecule has 30 heavy (non-hydrogen) atoms. The third kappa shape index (κ3) is 3.22. The van der Waals surface area contributed by atoms with E-state index in [4.69, 9.17) is 0 Å². The lowest BCUT2D eigenvalue weighted by atomic mass is 9.78. The Morgan fingerprint density at radius 1 is 1.07 bits per heavy atom. The molecule has 0 bridgehead atoms. The van der Waals surface area contributed by atoms with E-state index in [0.29, 0.717) is 12.1 Å². The fourth-order valence-corrected chi connectivity index (χ4v) is 4.97. The molecule has 0 radical (unpaired) electrons. The second-order valence-electron chi connectivity index (χ2n) is 8.25. The van der Waals surface area contributed by atoms with Crippen molar-refractivity contribution in [3.63, 3.8) is 0 Å². The third-order valence-corrected chi connectivity index (χ3v) is 6.41. The van der Waals surface area contributed by atoms with Crippen LogP contribution in [-0.2, 0) is 15.0 Å². The first-order valence-electron chi connectivity index (χ1n) is 10.2. The van der Waals surface area contributed by atoms with Crippen LogP contribution in [0.3, 0.4) is 0 Å². The van der Waals surface area contributed by atoms with E-state index in [2.05, 4.69) is 12.1 Å². The predicted octanol–water partition coefficient (Wildman–Crippen LogP) is 3.89. The zero-order chi connectivity index (χ0) is 21.5. The Hall–Kier alpha value is -3.28. The summed E-state index contributed by atoms with van der Waals surface area (Å²) < 4.78 is 0. The van der Waals surface area contributed by atoms with Crippen LogP contribution in [-0.4, -0.2) is 38.5 Å². The van der Waals surface area contributed by atoms with Crippen LogP contribution in [0.5, 0.6) is 11.5 Å². The topological polar surface area (TPSA) is 98.1 Å². The summed E-state index contributed by atoms with van der Waals surface area (Å²) >= 11 is 0. The van der Waals surface area contributed by atoms with Gasteiger partial charge in [0.15, 0.2) is 11.5 Å². The molecular formula is C24H25NO5. The molecule has 1 aliphatic carbocycles. The molecule has 6 heteroatoms. The average Bonchev–Trinajstić information content (AvgIpc) is 3.29. The number of phenols is 2. The lowest BCUT2D eigenvalue weighted by Crippen LogP contribution is -2.42. The molecule has 0 spiro atoms. The number of aliphatic hydroxyl groups excluding tert-OH is 1. The molecule has 2 aromatic rings. The zero-order valence-corrected chi connectivity index (χ0v) is 16.8. The Morgan fingerprint density at radius 2 is 1.73 bits per heavy atom. The molecule has 156 valence electrons. The van der Waals surface area contributed by atoms with Crippen LogP contribution in [0.1, 0.15) is 49.8 Å². The van der Waals surface area contributed by atoms with Crippen LogP contribution in [0.25, 0.3) is 0 Å². The minimum atomic E-state index is -0.906. The van der Waals surface area contributed by atoms with Gasteiger partial charge in [-0.05, 0) is 37.5 Å². The zero-order valence-electron chi connectivity index (χ0n) is 16.8. The van der Waals surface area contributed by atoms with Crippen molar-refractivity contribution in [3.05, 3.63) is 71.0 Å². The SMILES string of the molecule is CC(=O)C1=C(O)C(=O)N(CC2(c3ccccc3)CCCC2)C1c1ccc(O)cc1O. The van der Waals surface area contributed by atoms with E-state index in [0.717, 1.165) is 31.2 Å². The molecule has 1 aliphatic heterocycles. The Bertz CT molecular complexity index is 1020. The minimum absolute atomic E-state index is 0.0257. The first-order chi connectivity index (χ1) is 14.3. The molecule has 2 aromatic carbocycles. The third-order valence-electron chi connectivity index (χ3n) is 6.41. The molecule has 0 saturated heterocycles. The van der Waals surface area contributed by atoms with Gasteiger partial charge in [-0.1, -0.05) is 43.2 Å². The lowest BCUT2D eigenvalue weighted by Gasteiger charge is -2.37. The minimum Gasteiger partial charge on any atom is -0.508 e. The van der Waals surface area contributed by atoms with Crippen LogP contribution in [0.2, 0.25) is 0 Å². The van der Waals surface area contributed by atoms with Crippen LogP contribution in [0.15, 0.2) is 59.9 Å². The number of nitrogens with zero attached hydrogens (tertiary/aromatic N) is 1. The summed E-state index contributed by atoms with van der Waals surface area (Å²) in [6.45, 7) is 1.62. The Labute approximate surface area is 175 Å². The standard InChI is InChI=1S/C24H25NO5/c1-15(26)20-21(18-10-9-17(27)13-19(18)28)25(23(30)22(20)29)14-24(11-5-6-12-24)16-7-3-2-4-8-16/h2-4,7-10,13,21,27-29H,5-6,11-12,14H2,1H3. The van der Waals surface area contributed by atoms with Crippen LogP contribution in [0.4, 0.5) is 0 Å². The number of rotatable bonds is 5. The Kier molecular flexibility index (Phi) is 5.02. The van der Waals surface area contributed by atoms with Crippen molar-refractivity contribution in [2.45, 2.75) is 44.1 Å². The quantitative estimate of drug-likeness (QED) is 0.698. The number of phenolic OH excluding ortho intramolecular Hbond substituents is 2. The molecule has 1 amide bonds. The monoisotopic (exact) mass is 407 g/mol. The van der Waals surface area contributed by atoms with Crippen molar-refractivity contribution in [1.82, 2.24) is 4.90 Å². The molecule has 0 aromatic heterocycles. The number of carbonyl (C=O) groups is 2. The highest BCUT2D eigenvalue weighted by Gasteiger charge is 2.48. The van der Waals surface area contributed by atoms with E-state index in [9.17, 15) is 24.9 Å². The summed E-state index contributed by atoms with van der Waals surface area (Å²) in [5.41, 5.74) is 1.12. The number of Topliss-reactive ketones (excluding diaryl/α,β-unsaturated/α-hetero) is 1. The van der Waals surface area contributed by atoms with Gasteiger partial charge in [-0.25, -0.2) is 0 Å². The van der Waals surface area contributed by atoms with Gasteiger partial charge in [-0.15, -0.1) is 0 Å². The van der Waals surface area contributed by atoms with E-state index in [1.807, 2.05) is 18.2 Å². The number of carbonyl (C=O) groups excluding carboxylic acids is 2. The number of ketones is 1. The van der Waals surface area contributed by atoms with Crippen molar-refractivity contribution in [2.24, 2.45) is 0 Å². The second-order valence-corrected chi connectivity index (χ2v) is 8.25. The van der Waals surface area contributed by atoms with E-state index in [1.165, 1.54) is 30.0 Å². The fourth-order valence-electron chi connectivity index (χ4n) is 4.97. The average molecular weight is 407 g/mol. The summed E-state index contributed by atoms with van der Waals surface area (Å²) in [7, 11) is 0. The van der Waals surface area contributed by atoms with Gasteiger partial charge in [0.2, 0.25) is 0 Å². The molecule has 1 heterocycles. The van der Waals surface area contributed by atoms with Gasteiger partial charge >= 0.3 is 0 Å². The maximum absolute atomic E-state index is 13.1. The molecule has 2 aliphatic rings. The maximum atomic E-state index is 13.1. The molecule has 1 saturated carbocycles. The summed E-state index contributed by atoms with van der Waals surface area (Å²) in [5, 5.41) is 30.7. The number of benzene rings is 2. The van der Waals surface area contributed by atoms with Gasteiger partial charge in [0.1, 0.15) is 11.5 Å². The van der Waals surface area contributed by atoms with E-state index in [1.54, 1.807) is 0 Å². The maximum Gasteiger partial charge on any atom is 0.290 e. The lowest BCUT2D eigenvalue weighted by molar-refractivity contribution is -0.130. The summed E-state index contributed by atoms with van der Waals surface area (Å²) in [6, 6.07) is 13.2. The highest BCUT2D eigenvalue weighted by Crippen LogP contribution is 2.47. The van der Waals surface area contributed by atoms with Crippen molar-refractivity contribution < 1.29 is 24.9 Å². The van der Waals surface area contributed by atoms with Gasteiger partial charge < -0.3 is 20.2 Å². The smallest absolute Gasteiger partial charge is 0.290 e. The predicted molar refractivity (Wildman–Crippen MR) is 111 cm³/mol. The molecule has 3 N–H and O–H groups in total. The van der Waals surface area contributed by atoms with Crippen molar-refractivity contribution in [3.8, 4) is 11.5 Å². The normalized spacial score (nSPS) is 20.8. The van der Waals surface area contributed by atoms with Gasteiger partial charge in [0.25, 0.3) is 5.91 Å². The van der Waals surface area contributed by atoms with E-state index < -0.39 is 23.5 Å². The molecule has 1 fully saturated rings. The van der Waals surface area contributed by atoms with E-state index in [-0.39, 0.29) is 22.5 Å². The highest BCUT2D eigenvalue weighted by molar-refractivity contribution is 6.08. The molecule has 1 unspecified atom stereocenters. The van der Waals surface area contributed by atoms with Crippen LogP contribution in [0, 0.1) is 0 Å². The number of hydrogen-bond acceptors (Lipinski definition) is 5.